The minimum atomic E-state index is 0. The summed E-state index contributed by atoms with van der Waals surface area (Å²) in [5, 5.41) is 0.836. The third-order valence-corrected chi connectivity index (χ3v) is 7.20. The average molecular weight is 489 g/mol. The van der Waals surface area contributed by atoms with Gasteiger partial charge in [0.15, 0.2) is 5.78 Å². The Hall–Kier alpha value is -1.88. The van der Waals surface area contributed by atoms with Crippen LogP contribution in [-0.4, -0.2) is 42.3 Å². The molecular formula is C27H34Cl2N2O2. The van der Waals surface area contributed by atoms with Crippen LogP contribution in [0.25, 0.3) is 0 Å². The number of aryl methyl sites for hydroxylation is 1. The molecule has 0 aromatic heterocycles. The molecule has 178 valence electrons. The molecule has 2 aromatic carbocycles. The molecule has 0 fully saturated rings. The van der Waals surface area contributed by atoms with Gasteiger partial charge in [0.05, 0.1) is 5.69 Å². The standard InChI is InChI=1S/C27H33ClN2O2.ClH/c1-19(2)29(15-12-20-7-3-4-8-24(20)28)14-6-5-9-25(31)23-17-21-10-11-26(32)30-16-13-22(18-23)27(21)30;/h3-4,7-8,17-19H,5-6,9-16H2,1-2H3;1H. The van der Waals surface area contributed by atoms with E-state index < -0.39 is 0 Å². The highest BCUT2D eigenvalue weighted by molar-refractivity contribution is 6.31. The lowest BCUT2D eigenvalue weighted by Gasteiger charge is -2.26. The molecule has 2 aromatic rings. The summed E-state index contributed by atoms with van der Waals surface area (Å²) in [5.41, 5.74) is 5.45. The fourth-order valence-electron chi connectivity index (χ4n) is 4.96. The molecule has 4 nitrogen and oxygen atoms in total. The molecule has 6 heteroatoms. The Balaban J connectivity index is 0.00000306. The number of hydrogen-bond donors (Lipinski definition) is 0. The molecule has 2 heterocycles. The molecule has 4 rings (SSSR count). The van der Waals surface area contributed by atoms with Crippen LogP contribution in [0, 0.1) is 0 Å². The number of rotatable bonds is 10. The van der Waals surface area contributed by atoms with E-state index in [1.807, 2.05) is 35.2 Å². The second kappa shape index (κ2) is 11.5. The van der Waals surface area contributed by atoms with Crippen molar-refractivity contribution >= 4 is 41.4 Å². The molecule has 33 heavy (non-hydrogen) atoms. The second-order valence-electron chi connectivity index (χ2n) is 9.29. The Morgan fingerprint density at radius 1 is 1.06 bits per heavy atom. The van der Waals surface area contributed by atoms with Gasteiger partial charge in [-0.15, -0.1) is 12.4 Å². The van der Waals surface area contributed by atoms with Crippen molar-refractivity contribution in [1.82, 2.24) is 4.90 Å². The summed E-state index contributed by atoms with van der Waals surface area (Å²) in [4.78, 5) is 29.4. The van der Waals surface area contributed by atoms with E-state index in [4.69, 9.17) is 11.6 Å². The minimum absolute atomic E-state index is 0. The maximum atomic E-state index is 12.9. The van der Waals surface area contributed by atoms with Crippen LogP contribution in [0.1, 0.15) is 66.6 Å². The Morgan fingerprint density at radius 3 is 2.52 bits per heavy atom. The predicted molar refractivity (Wildman–Crippen MR) is 138 cm³/mol. The van der Waals surface area contributed by atoms with Crippen LogP contribution in [0.2, 0.25) is 5.02 Å². The maximum absolute atomic E-state index is 12.9. The monoisotopic (exact) mass is 488 g/mol. The number of hydrogen-bond acceptors (Lipinski definition) is 3. The molecule has 0 saturated heterocycles. The summed E-state index contributed by atoms with van der Waals surface area (Å²) in [7, 11) is 0. The van der Waals surface area contributed by atoms with Gasteiger partial charge < -0.3 is 9.80 Å². The molecule has 0 atom stereocenters. The number of halogens is 2. The minimum Gasteiger partial charge on any atom is -0.312 e. The van der Waals surface area contributed by atoms with E-state index in [2.05, 4.69) is 24.8 Å². The van der Waals surface area contributed by atoms with Crippen LogP contribution >= 0.6 is 24.0 Å². The molecule has 0 unspecified atom stereocenters. The number of Topliss-reactive ketones (excluding diaryl/α,β-unsaturated/α-hetero) is 1. The van der Waals surface area contributed by atoms with Gasteiger partial charge in [-0.25, -0.2) is 0 Å². The van der Waals surface area contributed by atoms with Crippen LogP contribution in [0.4, 0.5) is 5.69 Å². The van der Waals surface area contributed by atoms with Crippen molar-refractivity contribution in [3.05, 3.63) is 63.7 Å². The molecular weight excluding hydrogens is 455 g/mol. The number of benzene rings is 2. The number of carbonyl (C=O) groups is 2. The highest BCUT2D eigenvalue weighted by atomic mass is 35.5. The fraction of sp³-hybridized carbons (Fsp3) is 0.481. The van der Waals surface area contributed by atoms with Gasteiger partial charge in [-0.3, -0.25) is 9.59 Å². The van der Waals surface area contributed by atoms with E-state index in [9.17, 15) is 9.59 Å². The Labute approximate surface area is 208 Å². The Bertz CT molecular complexity index is 1010. The largest absolute Gasteiger partial charge is 0.312 e. The van der Waals surface area contributed by atoms with E-state index in [1.54, 1.807) is 0 Å². The van der Waals surface area contributed by atoms with Gasteiger partial charge in [-0.05, 0) is 87.4 Å². The van der Waals surface area contributed by atoms with E-state index >= 15 is 0 Å². The van der Waals surface area contributed by atoms with Gasteiger partial charge in [0.1, 0.15) is 0 Å². The predicted octanol–water partition coefficient (Wildman–Crippen LogP) is 5.90. The lowest BCUT2D eigenvalue weighted by atomic mass is 9.94. The van der Waals surface area contributed by atoms with Crippen molar-refractivity contribution in [3.63, 3.8) is 0 Å². The zero-order valence-corrected chi connectivity index (χ0v) is 21.2. The highest BCUT2D eigenvalue weighted by Gasteiger charge is 2.31. The molecule has 1 amide bonds. The summed E-state index contributed by atoms with van der Waals surface area (Å²) in [6, 6.07) is 12.6. The highest BCUT2D eigenvalue weighted by Crippen LogP contribution is 2.37. The van der Waals surface area contributed by atoms with E-state index in [0.717, 1.165) is 68.0 Å². The van der Waals surface area contributed by atoms with Gasteiger partial charge in [0, 0.05) is 42.6 Å². The van der Waals surface area contributed by atoms with Gasteiger partial charge in [0.25, 0.3) is 0 Å². The normalized spacial score (nSPS) is 14.6. The van der Waals surface area contributed by atoms with E-state index in [1.165, 1.54) is 16.7 Å². The number of anilines is 1. The number of ketones is 1. The number of amides is 1. The zero-order valence-electron chi connectivity index (χ0n) is 19.6. The third kappa shape index (κ3) is 5.98. The molecule has 0 aliphatic carbocycles. The van der Waals surface area contributed by atoms with Gasteiger partial charge in [-0.2, -0.15) is 0 Å². The molecule has 0 bridgehead atoms. The van der Waals surface area contributed by atoms with Crippen LogP contribution in [0.5, 0.6) is 0 Å². The van der Waals surface area contributed by atoms with Gasteiger partial charge in [-0.1, -0.05) is 29.8 Å². The van der Waals surface area contributed by atoms with Crippen LogP contribution < -0.4 is 4.90 Å². The third-order valence-electron chi connectivity index (χ3n) is 6.83. The van der Waals surface area contributed by atoms with Gasteiger partial charge >= 0.3 is 0 Å². The molecule has 2 aliphatic rings. The van der Waals surface area contributed by atoms with Crippen molar-refractivity contribution < 1.29 is 9.59 Å². The first-order chi connectivity index (χ1) is 15.4. The molecule has 2 aliphatic heterocycles. The van der Waals surface area contributed by atoms with Crippen molar-refractivity contribution in [2.45, 2.75) is 64.8 Å². The van der Waals surface area contributed by atoms with Crippen LogP contribution in [0.15, 0.2) is 36.4 Å². The maximum Gasteiger partial charge on any atom is 0.227 e. The van der Waals surface area contributed by atoms with Crippen LogP contribution in [0.3, 0.4) is 0 Å². The zero-order chi connectivity index (χ0) is 22.7. The summed E-state index contributed by atoms with van der Waals surface area (Å²) < 4.78 is 0. The SMILES string of the molecule is CC(C)N(CCCCC(=O)c1cc2c3c(c1)CCN3C(=O)CC2)CCc1ccccc1Cl.Cl. The average Bonchev–Trinajstić information content (AvgIpc) is 3.21. The molecule has 0 spiro atoms. The lowest BCUT2D eigenvalue weighted by molar-refractivity contribution is -0.118. The Kier molecular flexibility index (Phi) is 8.97. The van der Waals surface area contributed by atoms with Crippen molar-refractivity contribution in [2.75, 3.05) is 24.5 Å². The molecule has 0 radical (unpaired) electrons. The van der Waals surface area contributed by atoms with E-state index in [-0.39, 0.29) is 24.1 Å². The van der Waals surface area contributed by atoms with Crippen molar-refractivity contribution in [2.24, 2.45) is 0 Å². The number of nitrogens with zero attached hydrogens (tertiary/aromatic N) is 2. The van der Waals surface area contributed by atoms with Crippen molar-refractivity contribution in [1.29, 1.82) is 0 Å². The van der Waals surface area contributed by atoms with Crippen molar-refractivity contribution in [3.8, 4) is 0 Å². The Morgan fingerprint density at radius 2 is 1.79 bits per heavy atom. The summed E-state index contributed by atoms with van der Waals surface area (Å²) in [6.07, 6.45) is 5.60. The quantitative estimate of drug-likeness (QED) is 0.308. The number of unbranched alkanes of at least 4 members (excludes halogenated alkanes) is 1. The van der Waals surface area contributed by atoms with Gasteiger partial charge in [0.2, 0.25) is 5.91 Å². The lowest BCUT2D eigenvalue weighted by Crippen LogP contribution is -2.33. The molecule has 0 N–H and O–H groups in total. The summed E-state index contributed by atoms with van der Waals surface area (Å²) >= 11 is 6.31. The summed E-state index contributed by atoms with van der Waals surface area (Å²) in [6.45, 7) is 7.17. The molecule has 0 saturated carbocycles. The smallest absolute Gasteiger partial charge is 0.227 e. The first kappa shape index (κ1) is 25.7. The number of carbonyl (C=O) groups excluding carboxylic acids is 2. The topological polar surface area (TPSA) is 40.6 Å². The fourth-order valence-corrected chi connectivity index (χ4v) is 5.19. The summed E-state index contributed by atoms with van der Waals surface area (Å²) in [5.74, 6) is 0.450. The van der Waals surface area contributed by atoms with Crippen LogP contribution in [-0.2, 0) is 24.1 Å². The first-order valence-corrected chi connectivity index (χ1v) is 12.3. The van der Waals surface area contributed by atoms with E-state index in [0.29, 0.717) is 18.9 Å². The first-order valence-electron chi connectivity index (χ1n) is 11.9. The second-order valence-corrected chi connectivity index (χ2v) is 9.70.